The Bertz CT molecular complexity index is 382. The molecule has 0 saturated heterocycles. The van der Waals surface area contributed by atoms with E-state index < -0.39 is 23.7 Å². The SMILES string of the molecule is Cc1nc(C(F)F)c(C(=O)O)cc1Cl. The third-order valence-corrected chi connectivity index (χ3v) is 2.00. The molecule has 1 aromatic heterocycles. The molecule has 0 aromatic carbocycles. The van der Waals surface area contributed by atoms with Gasteiger partial charge in [0.1, 0.15) is 5.69 Å². The number of rotatable bonds is 2. The van der Waals surface area contributed by atoms with Crippen molar-refractivity contribution in [2.45, 2.75) is 13.3 Å². The first-order valence-electron chi connectivity index (χ1n) is 3.62. The Kier molecular flexibility index (Phi) is 3.00. The molecule has 0 aliphatic rings. The second-order valence-corrected chi connectivity index (χ2v) is 3.00. The lowest BCUT2D eigenvalue weighted by molar-refractivity contribution is 0.0682. The molecule has 1 N–H and O–H groups in total. The number of alkyl halides is 2. The van der Waals surface area contributed by atoms with E-state index in [4.69, 9.17) is 16.7 Å². The quantitative estimate of drug-likeness (QED) is 0.835. The fraction of sp³-hybridized carbons (Fsp3) is 0.250. The van der Waals surface area contributed by atoms with Gasteiger partial charge in [-0.3, -0.25) is 0 Å². The fourth-order valence-electron chi connectivity index (χ4n) is 0.937. The molecule has 0 unspecified atom stereocenters. The Morgan fingerprint density at radius 1 is 1.64 bits per heavy atom. The highest BCUT2D eigenvalue weighted by Crippen LogP contribution is 2.25. The maximum absolute atomic E-state index is 12.3. The summed E-state index contributed by atoms with van der Waals surface area (Å²) in [4.78, 5) is 14.0. The summed E-state index contributed by atoms with van der Waals surface area (Å²) in [5.41, 5.74) is -1.12. The van der Waals surface area contributed by atoms with Crippen molar-refractivity contribution >= 4 is 17.6 Å². The number of pyridine rings is 1. The smallest absolute Gasteiger partial charge is 0.337 e. The first kappa shape index (κ1) is 10.8. The van der Waals surface area contributed by atoms with Gasteiger partial charge < -0.3 is 5.11 Å². The molecule has 0 saturated carbocycles. The van der Waals surface area contributed by atoms with Gasteiger partial charge in [-0.05, 0) is 13.0 Å². The highest BCUT2D eigenvalue weighted by Gasteiger charge is 2.21. The summed E-state index contributed by atoms with van der Waals surface area (Å²) in [6.07, 6.45) is -2.92. The van der Waals surface area contributed by atoms with Gasteiger partial charge in [-0.1, -0.05) is 11.6 Å². The molecule has 76 valence electrons. The number of hydrogen-bond donors (Lipinski definition) is 1. The largest absolute Gasteiger partial charge is 0.478 e. The summed E-state index contributed by atoms with van der Waals surface area (Å²) in [6.45, 7) is 1.43. The van der Waals surface area contributed by atoms with Gasteiger partial charge in [0.05, 0.1) is 16.3 Å². The lowest BCUT2D eigenvalue weighted by Crippen LogP contribution is -2.06. The number of aromatic nitrogens is 1. The van der Waals surface area contributed by atoms with Crippen molar-refractivity contribution in [3.63, 3.8) is 0 Å². The van der Waals surface area contributed by atoms with Gasteiger partial charge in [0.15, 0.2) is 0 Å². The van der Waals surface area contributed by atoms with Crippen molar-refractivity contribution in [2.24, 2.45) is 0 Å². The van der Waals surface area contributed by atoms with Gasteiger partial charge in [0.2, 0.25) is 0 Å². The third-order valence-electron chi connectivity index (χ3n) is 1.62. The van der Waals surface area contributed by atoms with E-state index in [1.807, 2.05) is 0 Å². The number of hydrogen-bond acceptors (Lipinski definition) is 2. The van der Waals surface area contributed by atoms with E-state index in [0.29, 0.717) is 0 Å². The van der Waals surface area contributed by atoms with E-state index in [0.717, 1.165) is 6.07 Å². The lowest BCUT2D eigenvalue weighted by atomic mass is 10.2. The molecule has 1 rings (SSSR count). The Balaban J connectivity index is 3.39. The standard InChI is InChI=1S/C8H6ClF2NO2/c1-3-5(9)2-4(8(13)14)6(12-3)7(10)11/h2,7H,1H3,(H,13,14). The first-order chi connectivity index (χ1) is 6.43. The predicted octanol–water partition coefficient (Wildman–Crippen LogP) is 2.68. The predicted molar refractivity (Wildman–Crippen MR) is 45.9 cm³/mol. The first-order valence-corrected chi connectivity index (χ1v) is 3.99. The van der Waals surface area contributed by atoms with Crippen molar-refractivity contribution in [3.8, 4) is 0 Å². The van der Waals surface area contributed by atoms with E-state index >= 15 is 0 Å². The minimum Gasteiger partial charge on any atom is -0.478 e. The molecule has 0 aliphatic heterocycles. The number of carboxylic acids is 1. The van der Waals surface area contributed by atoms with Crippen LogP contribution in [0.3, 0.4) is 0 Å². The van der Waals surface area contributed by atoms with E-state index in [1.165, 1.54) is 6.92 Å². The summed E-state index contributed by atoms with van der Waals surface area (Å²) in [5.74, 6) is -1.46. The van der Waals surface area contributed by atoms with Crippen LogP contribution in [-0.4, -0.2) is 16.1 Å². The van der Waals surface area contributed by atoms with Crippen molar-refractivity contribution < 1.29 is 18.7 Å². The van der Waals surface area contributed by atoms with Crippen LogP contribution in [0, 0.1) is 6.92 Å². The summed E-state index contributed by atoms with van der Waals surface area (Å²) in [7, 11) is 0. The topological polar surface area (TPSA) is 50.2 Å². The zero-order valence-electron chi connectivity index (χ0n) is 7.09. The van der Waals surface area contributed by atoms with Crippen molar-refractivity contribution in [2.75, 3.05) is 0 Å². The van der Waals surface area contributed by atoms with E-state index in [-0.39, 0.29) is 10.7 Å². The highest BCUT2D eigenvalue weighted by atomic mass is 35.5. The molecule has 0 bridgehead atoms. The van der Waals surface area contributed by atoms with E-state index in [9.17, 15) is 13.6 Å². The minimum atomic E-state index is -2.92. The molecule has 6 heteroatoms. The number of nitrogens with zero attached hydrogens (tertiary/aromatic N) is 1. The maximum Gasteiger partial charge on any atom is 0.337 e. The van der Waals surface area contributed by atoms with Gasteiger partial charge in [0, 0.05) is 0 Å². The van der Waals surface area contributed by atoms with Crippen LogP contribution in [0.15, 0.2) is 6.07 Å². The molecule has 0 aliphatic carbocycles. The van der Waals surface area contributed by atoms with Crippen molar-refractivity contribution in [1.82, 2.24) is 4.98 Å². The molecule has 3 nitrogen and oxygen atoms in total. The average molecular weight is 222 g/mol. The zero-order chi connectivity index (χ0) is 10.9. The number of carboxylic acid groups (broad SMARTS) is 1. The van der Waals surface area contributed by atoms with Crippen LogP contribution < -0.4 is 0 Å². The molecule has 14 heavy (non-hydrogen) atoms. The molecular formula is C8H6ClF2NO2. The average Bonchev–Trinajstić information content (AvgIpc) is 2.08. The molecule has 1 heterocycles. The van der Waals surface area contributed by atoms with Crippen molar-refractivity contribution in [1.29, 1.82) is 0 Å². The van der Waals surface area contributed by atoms with Crippen LogP contribution in [0.1, 0.15) is 28.2 Å². The van der Waals surface area contributed by atoms with Crippen LogP contribution in [0.5, 0.6) is 0 Å². The Hall–Kier alpha value is -1.23. The molecule has 1 aromatic rings. The molecular weight excluding hydrogens is 216 g/mol. The number of halogens is 3. The van der Waals surface area contributed by atoms with Crippen molar-refractivity contribution in [3.05, 3.63) is 28.0 Å². The summed E-state index contributed by atoms with van der Waals surface area (Å²) in [6, 6.07) is 0.980. The van der Waals surface area contributed by atoms with Crippen LogP contribution in [-0.2, 0) is 0 Å². The second kappa shape index (κ2) is 3.88. The summed E-state index contributed by atoms with van der Waals surface area (Å²) < 4.78 is 24.7. The van der Waals surface area contributed by atoms with Crippen LogP contribution in [0.2, 0.25) is 5.02 Å². The fourth-order valence-corrected chi connectivity index (χ4v) is 1.09. The maximum atomic E-state index is 12.3. The van der Waals surface area contributed by atoms with Gasteiger partial charge in [-0.15, -0.1) is 0 Å². The van der Waals surface area contributed by atoms with Crippen LogP contribution in [0.25, 0.3) is 0 Å². The monoisotopic (exact) mass is 221 g/mol. The Morgan fingerprint density at radius 2 is 2.21 bits per heavy atom. The third kappa shape index (κ3) is 1.98. The second-order valence-electron chi connectivity index (χ2n) is 2.59. The van der Waals surface area contributed by atoms with Crippen LogP contribution in [0.4, 0.5) is 8.78 Å². The minimum absolute atomic E-state index is 0.0619. The molecule has 0 amide bonds. The molecule has 0 fully saturated rings. The number of carbonyl (C=O) groups is 1. The highest BCUT2D eigenvalue weighted by molar-refractivity contribution is 6.31. The Morgan fingerprint density at radius 3 is 2.64 bits per heavy atom. The van der Waals surface area contributed by atoms with Gasteiger partial charge in [-0.25, -0.2) is 18.6 Å². The van der Waals surface area contributed by atoms with E-state index in [1.54, 1.807) is 0 Å². The lowest BCUT2D eigenvalue weighted by Gasteiger charge is -2.06. The molecule has 0 spiro atoms. The molecule has 0 atom stereocenters. The summed E-state index contributed by atoms with van der Waals surface area (Å²) >= 11 is 5.56. The normalized spacial score (nSPS) is 10.6. The van der Waals surface area contributed by atoms with E-state index in [2.05, 4.69) is 4.98 Å². The van der Waals surface area contributed by atoms with Crippen LogP contribution >= 0.6 is 11.6 Å². The summed E-state index contributed by atoms with van der Waals surface area (Å²) in [5, 5.41) is 8.66. The van der Waals surface area contributed by atoms with Gasteiger partial charge >= 0.3 is 5.97 Å². The number of aromatic carboxylic acids is 1. The van der Waals surface area contributed by atoms with Gasteiger partial charge in [0.25, 0.3) is 6.43 Å². The molecule has 0 radical (unpaired) electrons. The number of aryl methyl sites for hydroxylation is 1. The Labute approximate surface area is 83.3 Å². The zero-order valence-corrected chi connectivity index (χ0v) is 7.85. The van der Waals surface area contributed by atoms with Gasteiger partial charge in [-0.2, -0.15) is 0 Å².